The number of benzene rings is 1. The number of nitrogens with one attached hydrogen (secondary N) is 1. The second kappa shape index (κ2) is 4.14. The third kappa shape index (κ3) is 1.81. The molecule has 15 heavy (non-hydrogen) atoms. The summed E-state index contributed by atoms with van der Waals surface area (Å²) in [6, 6.07) is 6.61. The van der Waals surface area contributed by atoms with E-state index in [0.29, 0.717) is 11.3 Å². The van der Waals surface area contributed by atoms with E-state index in [1.54, 1.807) is 18.2 Å². The lowest BCUT2D eigenvalue weighted by molar-refractivity contribution is 0.630. The van der Waals surface area contributed by atoms with Crippen molar-refractivity contribution in [1.29, 1.82) is 0 Å². The van der Waals surface area contributed by atoms with Gasteiger partial charge in [-0.05, 0) is 34.5 Å². The van der Waals surface area contributed by atoms with Crippen LogP contribution < -0.4 is 0 Å². The molecule has 0 bridgehead atoms. The Morgan fingerprint density at radius 1 is 1.40 bits per heavy atom. The van der Waals surface area contributed by atoms with Gasteiger partial charge in [0.05, 0.1) is 4.47 Å². The van der Waals surface area contributed by atoms with Gasteiger partial charge in [0.15, 0.2) is 0 Å². The minimum Gasteiger partial charge on any atom is -0.281 e. The van der Waals surface area contributed by atoms with E-state index in [4.69, 9.17) is 0 Å². The summed E-state index contributed by atoms with van der Waals surface area (Å²) in [7, 11) is 0. The summed E-state index contributed by atoms with van der Waals surface area (Å²) in [5.41, 5.74) is 2.12. The topological polar surface area (TPSA) is 28.7 Å². The van der Waals surface area contributed by atoms with E-state index in [1.807, 2.05) is 6.92 Å². The normalized spacial score (nSPS) is 10.6. The molecule has 0 radical (unpaired) electrons. The Hall–Kier alpha value is -1.16. The molecule has 2 nitrogen and oxygen atoms in total. The Bertz CT molecular complexity index is 479. The molecule has 1 aromatic carbocycles. The van der Waals surface area contributed by atoms with Crippen molar-refractivity contribution in [3.8, 4) is 11.3 Å². The van der Waals surface area contributed by atoms with Crippen LogP contribution in [0.1, 0.15) is 12.6 Å². The fraction of sp³-hybridized carbons (Fsp3) is 0.182. The molecule has 0 spiro atoms. The first-order chi connectivity index (χ1) is 7.24. The number of aromatic nitrogens is 2. The van der Waals surface area contributed by atoms with Crippen molar-refractivity contribution < 1.29 is 4.39 Å². The van der Waals surface area contributed by atoms with Crippen LogP contribution in [0.5, 0.6) is 0 Å². The standard InChI is InChI=1S/C11H10BrFN2/c1-2-9-10(12)11(15-14-9)7-5-3-4-6-8(7)13/h3-6H,2H2,1H3,(H,14,15). The maximum atomic E-state index is 13.5. The van der Waals surface area contributed by atoms with E-state index < -0.39 is 0 Å². The Morgan fingerprint density at radius 2 is 2.13 bits per heavy atom. The van der Waals surface area contributed by atoms with E-state index in [-0.39, 0.29) is 5.82 Å². The molecule has 2 rings (SSSR count). The zero-order chi connectivity index (χ0) is 10.8. The predicted molar refractivity (Wildman–Crippen MR) is 61.1 cm³/mol. The van der Waals surface area contributed by atoms with Gasteiger partial charge in [0.25, 0.3) is 0 Å². The quantitative estimate of drug-likeness (QED) is 0.887. The van der Waals surface area contributed by atoms with Gasteiger partial charge < -0.3 is 0 Å². The van der Waals surface area contributed by atoms with Crippen molar-refractivity contribution in [2.75, 3.05) is 0 Å². The van der Waals surface area contributed by atoms with E-state index in [9.17, 15) is 4.39 Å². The molecule has 0 atom stereocenters. The summed E-state index contributed by atoms with van der Waals surface area (Å²) in [5, 5.41) is 6.99. The number of hydrogen-bond donors (Lipinski definition) is 1. The largest absolute Gasteiger partial charge is 0.281 e. The first kappa shape index (κ1) is 10.4. The van der Waals surface area contributed by atoms with E-state index in [2.05, 4.69) is 26.1 Å². The molecule has 0 unspecified atom stereocenters. The highest BCUT2D eigenvalue weighted by Crippen LogP contribution is 2.30. The molecule has 0 fully saturated rings. The Kier molecular flexibility index (Phi) is 2.86. The number of halogens is 2. The molecule has 1 aromatic heterocycles. The summed E-state index contributed by atoms with van der Waals surface area (Å²) in [5.74, 6) is -0.257. The zero-order valence-corrected chi connectivity index (χ0v) is 9.81. The predicted octanol–water partition coefficient (Wildman–Crippen LogP) is 3.54. The first-order valence-electron chi connectivity index (χ1n) is 4.71. The highest BCUT2D eigenvalue weighted by Gasteiger charge is 2.13. The summed E-state index contributed by atoms with van der Waals surface area (Å²) in [6.45, 7) is 2.02. The van der Waals surface area contributed by atoms with Crippen LogP contribution in [0.15, 0.2) is 28.7 Å². The fourth-order valence-corrected chi connectivity index (χ4v) is 2.10. The Balaban J connectivity index is 2.55. The summed E-state index contributed by atoms with van der Waals surface area (Å²) >= 11 is 3.42. The lowest BCUT2D eigenvalue weighted by Gasteiger charge is -1.99. The van der Waals surface area contributed by atoms with Crippen molar-refractivity contribution in [3.63, 3.8) is 0 Å². The van der Waals surface area contributed by atoms with Gasteiger partial charge in [-0.2, -0.15) is 5.10 Å². The third-order valence-corrected chi connectivity index (χ3v) is 3.11. The van der Waals surface area contributed by atoms with Crippen molar-refractivity contribution in [3.05, 3.63) is 40.2 Å². The average Bonchev–Trinajstić information content (AvgIpc) is 2.60. The SMILES string of the molecule is CCc1[nH]nc(-c2ccccc2F)c1Br. The highest BCUT2D eigenvalue weighted by molar-refractivity contribution is 9.10. The van der Waals surface area contributed by atoms with Crippen molar-refractivity contribution in [2.24, 2.45) is 0 Å². The van der Waals surface area contributed by atoms with Crippen molar-refractivity contribution >= 4 is 15.9 Å². The molecule has 0 saturated carbocycles. The molecular formula is C11H10BrFN2. The number of H-pyrrole nitrogens is 1. The lowest BCUT2D eigenvalue weighted by Crippen LogP contribution is -1.84. The maximum Gasteiger partial charge on any atom is 0.132 e. The van der Waals surface area contributed by atoms with Gasteiger partial charge >= 0.3 is 0 Å². The number of rotatable bonds is 2. The van der Waals surface area contributed by atoms with Gasteiger partial charge in [-0.15, -0.1) is 0 Å². The molecular weight excluding hydrogens is 259 g/mol. The van der Waals surface area contributed by atoms with Crippen LogP contribution in [0, 0.1) is 5.82 Å². The number of aromatic amines is 1. The van der Waals surface area contributed by atoms with E-state index in [0.717, 1.165) is 16.6 Å². The molecule has 4 heteroatoms. The van der Waals surface area contributed by atoms with Crippen LogP contribution in [0.4, 0.5) is 4.39 Å². The molecule has 0 saturated heterocycles. The smallest absolute Gasteiger partial charge is 0.132 e. The summed E-state index contributed by atoms with van der Waals surface area (Å²) in [4.78, 5) is 0. The molecule has 1 heterocycles. The van der Waals surface area contributed by atoms with Gasteiger partial charge in [0.2, 0.25) is 0 Å². The first-order valence-corrected chi connectivity index (χ1v) is 5.51. The molecule has 0 aliphatic heterocycles. The van der Waals surface area contributed by atoms with Crippen LogP contribution in [0.2, 0.25) is 0 Å². The number of aryl methyl sites for hydroxylation is 1. The van der Waals surface area contributed by atoms with Gasteiger partial charge in [0.1, 0.15) is 11.5 Å². The molecule has 78 valence electrons. The number of hydrogen-bond acceptors (Lipinski definition) is 1. The van der Waals surface area contributed by atoms with Gasteiger partial charge in [0, 0.05) is 11.3 Å². The minimum absolute atomic E-state index is 0.257. The third-order valence-electron chi connectivity index (χ3n) is 2.26. The van der Waals surface area contributed by atoms with Crippen LogP contribution in [-0.2, 0) is 6.42 Å². The second-order valence-corrected chi connectivity index (χ2v) is 3.99. The Labute approximate surface area is 95.6 Å². The van der Waals surface area contributed by atoms with Gasteiger partial charge in [-0.1, -0.05) is 19.1 Å². The minimum atomic E-state index is -0.257. The molecule has 0 aliphatic carbocycles. The fourth-order valence-electron chi connectivity index (χ4n) is 1.43. The van der Waals surface area contributed by atoms with Crippen molar-refractivity contribution in [2.45, 2.75) is 13.3 Å². The monoisotopic (exact) mass is 268 g/mol. The van der Waals surface area contributed by atoms with Crippen LogP contribution in [0.3, 0.4) is 0 Å². The molecule has 2 aromatic rings. The summed E-state index contributed by atoms with van der Waals surface area (Å²) < 4.78 is 14.3. The van der Waals surface area contributed by atoms with Crippen molar-refractivity contribution in [1.82, 2.24) is 10.2 Å². The van der Waals surface area contributed by atoms with Gasteiger partial charge in [-0.25, -0.2) is 4.39 Å². The second-order valence-electron chi connectivity index (χ2n) is 3.20. The average molecular weight is 269 g/mol. The number of nitrogens with zero attached hydrogens (tertiary/aromatic N) is 1. The molecule has 1 N–H and O–H groups in total. The Morgan fingerprint density at radius 3 is 2.73 bits per heavy atom. The van der Waals surface area contributed by atoms with Crippen LogP contribution in [0.25, 0.3) is 11.3 Å². The van der Waals surface area contributed by atoms with Gasteiger partial charge in [-0.3, -0.25) is 5.10 Å². The summed E-state index contributed by atoms with van der Waals surface area (Å²) in [6.07, 6.45) is 0.835. The molecule has 0 amide bonds. The van der Waals surface area contributed by atoms with E-state index >= 15 is 0 Å². The highest BCUT2D eigenvalue weighted by atomic mass is 79.9. The lowest BCUT2D eigenvalue weighted by atomic mass is 10.1. The molecule has 0 aliphatic rings. The zero-order valence-electron chi connectivity index (χ0n) is 8.22. The van der Waals surface area contributed by atoms with Crippen LogP contribution >= 0.6 is 15.9 Å². The van der Waals surface area contributed by atoms with E-state index in [1.165, 1.54) is 6.07 Å². The maximum absolute atomic E-state index is 13.5. The van der Waals surface area contributed by atoms with Crippen LogP contribution in [-0.4, -0.2) is 10.2 Å².